The molecule has 4 heteroatoms. The minimum atomic E-state index is 0.318. The first-order valence-electron chi connectivity index (χ1n) is 6.90. The van der Waals surface area contributed by atoms with Gasteiger partial charge in [0.25, 0.3) is 0 Å². The average molecular weight is 276 g/mol. The number of fused-ring (bicyclic) bond motifs is 1. The van der Waals surface area contributed by atoms with Crippen LogP contribution in [0.4, 0.5) is 0 Å². The minimum absolute atomic E-state index is 0.318. The summed E-state index contributed by atoms with van der Waals surface area (Å²) in [4.78, 5) is 4.72. The van der Waals surface area contributed by atoms with Gasteiger partial charge in [0.1, 0.15) is 5.01 Å². The van der Waals surface area contributed by atoms with Gasteiger partial charge in [-0.05, 0) is 38.3 Å². The number of hydrogen-bond acceptors (Lipinski definition) is 4. The SMILES string of the molecule is COC1CCC(NC(C)c2nc3ccccc3s2)C1. The molecule has 1 aromatic carbocycles. The molecule has 2 aromatic rings. The summed E-state index contributed by atoms with van der Waals surface area (Å²) in [7, 11) is 1.81. The van der Waals surface area contributed by atoms with Crippen LogP contribution < -0.4 is 5.32 Å². The molecule has 0 bridgehead atoms. The molecule has 1 N–H and O–H groups in total. The van der Waals surface area contributed by atoms with Gasteiger partial charge in [-0.1, -0.05) is 12.1 Å². The van der Waals surface area contributed by atoms with E-state index in [9.17, 15) is 0 Å². The first-order valence-corrected chi connectivity index (χ1v) is 7.72. The lowest BCUT2D eigenvalue weighted by Gasteiger charge is -2.17. The van der Waals surface area contributed by atoms with Crippen molar-refractivity contribution in [3.05, 3.63) is 29.3 Å². The summed E-state index contributed by atoms with van der Waals surface area (Å²) in [5.74, 6) is 0. The third kappa shape index (κ3) is 2.81. The molecule has 3 unspecified atom stereocenters. The van der Waals surface area contributed by atoms with E-state index < -0.39 is 0 Å². The fraction of sp³-hybridized carbons (Fsp3) is 0.533. The fourth-order valence-electron chi connectivity index (χ4n) is 2.81. The topological polar surface area (TPSA) is 34.1 Å². The molecule has 0 aliphatic heterocycles. The summed E-state index contributed by atoms with van der Waals surface area (Å²) in [6, 6.07) is 9.22. The van der Waals surface area contributed by atoms with Gasteiger partial charge in [-0.3, -0.25) is 0 Å². The van der Waals surface area contributed by atoms with E-state index >= 15 is 0 Å². The lowest BCUT2D eigenvalue weighted by Crippen LogP contribution is -2.29. The highest BCUT2D eigenvalue weighted by molar-refractivity contribution is 7.18. The molecule has 102 valence electrons. The van der Waals surface area contributed by atoms with Crippen LogP contribution in [-0.4, -0.2) is 24.2 Å². The summed E-state index contributed by atoms with van der Waals surface area (Å²) in [6.07, 6.45) is 3.92. The van der Waals surface area contributed by atoms with Crippen LogP contribution in [0.1, 0.15) is 37.2 Å². The number of benzene rings is 1. The van der Waals surface area contributed by atoms with Crippen molar-refractivity contribution in [3.63, 3.8) is 0 Å². The van der Waals surface area contributed by atoms with Crippen molar-refractivity contribution >= 4 is 21.6 Å². The van der Waals surface area contributed by atoms with Crippen LogP contribution in [0.25, 0.3) is 10.2 Å². The molecule has 3 rings (SSSR count). The number of nitrogens with zero attached hydrogens (tertiary/aromatic N) is 1. The summed E-state index contributed by atoms with van der Waals surface area (Å²) >= 11 is 1.79. The van der Waals surface area contributed by atoms with E-state index in [1.54, 1.807) is 11.3 Å². The third-order valence-corrected chi connectivity index (χ3v) is 5.10. The van der Waals surface area contributed by atoms with Crippen molar-refractivity contribution in [3.8, 4) is 0 Å². The van der Waals surface area contributed by atoms with Crippen molar-refractivity contribution in [1.29, 1.82) is 0 Å². The second-order valence-corrected chi connectivity index (χ2v) is 6.34. The van der Waals surface area contributed by atoms with Gasteiger partial charge in [-0.25, -0.2) is 4.98 Å². The molecule has 0 radical (unpaired) electrons. The van der Waals surface area contributed by atoms with Crippen molar-refractivity contribution in [2.75, 3.05) is 7.11 Å². The smallest absolute Gasteiger partial charge is 0.111 e. The quantitative estimate of drug-likeness (QED) is 0.928. The fourth-order valence-corrected chi connectivity index (χ4v) is 3.78. The number of nitrogens with one attached hydrogen (secondary N) is 1. The van der Waals surface area contributed by atoms with Gasteiger partial charge in [0.05, 0.1) is 22.4 Å². The molecule has 3 nitrogen and oxygen atoms in total. The summed E-state index contributed by atoms with van der Waals surface area (Å²) in [6.45, 7) is 2.21. The van der Waals surface area contributed by atoms with Gasteiger partial charge in [-0.2, -0.15) is 0 Å². The van der Waals surface area contributed by atoms with Gasteiger partial charge in [-0.15, -0.1) is 11.3 Å². The molecule has 0 saturated heterocycles. The zero-order chi connectivity index (χ0) is 13.2. The van der Waals surface area contributed by atoms with E-state index in [1.807, 2.05) is 13.2 Å². The Morgan fingerprint density at radius 3 is 2.95 bits per heavy atom. The average Bonchev–Trinajstić information content (AvgIpc) is 3.04. The van der Waals surface area contributed by atoms with Gasteiger partial charge in [0, 0.05) is 13.2 Å². The highest BCUT2D eigenvalue weighted by Crippen LogP contribution is 2.28. The van der Waals surface area contributed by atoms with E-state index in [2.05, 4.69) is 30.4 Å². The Hall–Kier alpha value is -0.970. The van der Waals surface area contributed by atoms with Gasteiger partial charge < -0.3 is 10.1 Å². The van der Waals surface area contributed by atoms with Gasteiger partial charge in [0.2, 0.25) is 0 Å². The van der Waals surface area contributed by atoms with Gasteiger partial charge >= 0.3 is 0 Å². The first-order chi connectivity index (χ1) is 9.26. The van der Waals surface area contributed by atoms with Crippen LogP contribution in [0.2, 0.25) is 0 Å². The van der Waals surface area contributed by atoms with Crippen molar-refractivity contribution < 1.29 is 4.74 Å². The van der Waals surface area contributed by atoms with Crippen LogP contribution in [-0.2, 0) is 4.74 Å². The number of thiazole rings is 1. The molecule has 19 heavy (non-hydrogen) atoms. The summed E-state index contributed by atoms with van der Waals surface area (Å²) in [5, 5.41) is 4.87. The third-order valence-electron chi connectivity index (χ3n) is 3.88. The molecule has 0 amide bonds. The summed E-state index contributed by atoms with van der Waals surface area (Å²) < 4.78 is 6.69. The van der Waals surface area contributed by atoms with E-state index in [1.165, 1.54) is 22.5 Å². The first kappa shape index (κ1) is 13.0. The highest BCUT2D eigenvalue weighted by Gasteiger charge is 2.26. The maximum absolute atomic E-state index is 5.42. The number of para-hydroxylation sites is 1. The molecule has 3 atom stereocenters. The number of ether oxygens (including phenoxy) is 1. The summed E-state index contributed by atoms with van der Waals surface area (Å²) in [5.41, 5.74) is 1.11. The number of hydrogen-bond donors (Lipinski definition) is 1. The predicted molar refractivity (Wildman–Crippen MR) is 79.6 cm³/mol. The maximum Gasteiger partial charge on any atom is 0.111 e. The van der Waals surface area contributed by atoms with Gasteiger partial charge in [0.15, 0.2) is 0 Å². The standard InChI is InChI=1S/C15H20N2OS/c1-10(16-11-7-8-12(9-11)18-2)15-17-13-5-3-4-6-14(13)19-15/h3-6,10-12,16H,7-9H2,1-2H3. The second-order valence-electron chi connectivity index (χ2n) is 5.28. The molecule has 1 fully saturated rings. The van der Waals surface area contributed by atoms with Crippen LogP contribution in [0, 0.1) is 0 Å². The second kappa shape index (κ2) is 5.57. The Morgan fingerprint density at radius 2 is 2.21 bits per heavy atom. The van der Waals surface area contributed by atoms with Crippen molar-refractivity contribution in [2.24, 2.45) is 0 Å². The van der Waals surface area contributed by atoms with Crippen molar-refractivity contribution in [1.82, 2.24) is 10.3 Å². The van der Waals surface area contributed by atoms with Crippen LogP contribution in [0.5, 0.6) is 0 Å². The normalized spacial score (nSPS) is 24.9. The van der Waals surface area contributed by atoms with Crippen LogP contribution in [0.3, 0.4) is 0 Å². The number of aromatic nitrogens is 1. The molecular weight excluding hydrogens is 256 g/mol. The van der Waals surface area contributed by atoms with Crippen molar-refractivity contribution in [2.45, 2.75) is 44.4 Å². The van der Waals surface area contributed by atoms with Crippen LogP contribution in [0.15, 0.2) is 24.3 Å². The Morgan fingerprint density at radius 1 is 1.37 bits per heavy atom. The zero-order valence-electron chi connectivity index (χ0n) is 11.4. The van der Waals surface area contributed by atoms with E-state index in [-0.39, 0.29) is 0 Å². The highest BCUT2D eigenvalue weighted by atomic mass is 32.1. The molecule has 1 aliphatic carbocycles. The lowest BCUT2D eigenvalue weighted by molar-refractivity contribution is 0.106. The molecule has 1 aliphatic rings. The Labute approximate surface area is 118 Å². The largest absolute Gasteiger partial charge is 0.381 e. The molecular formula is C15H20N2OS. The van der Waals surface area contributed by atoms with E-state index in [0.717, 1.165) is 11.9 Å². The minimum Gasteiger partial charge on any atom is -0.381 e. The lowest BCUT2D eigenvalue weighted by atomic mass is 10.2. The molecule has 1 aromatic heterocycles. The Bertz CT molecular complexity index is 521. The molecule has 1 saturated carbocycles. The van der Waals surface area contributed by atoms with Crippen LogP contribution >= 0.6 is 11.3 Å². The van der Waals surface area contributed by atoms with E-state index in [4.69, 9.17) is 9.72 Å². The Balaban J connectivity index is 1.68. The Kier molecular flexibility index (Phi) is 3.82. The molecule has 1 heterocycles. The maximum atomic E-state index is 5.42. The zero-order valence-corrected chi connectivity index (χ0v) is 12.2. The monoisotopic (exact) mass is 276 g/mol. The number of rotatable bonds is 4. The number of methoxy groups -OCH3 is 1. The van der Waals surface area contributed by atoms with E-state index in [0.29, 0.717) is 18.2 Å². The molecule has 0 spiro atoms. The predicted octanol–water partition coefficient (Wildman–Crippen LogP) is 3.51.